The predicted octanol–water partition coefficient (Wildman–Crippen LogP) is 2.86. The average molecular weight is 340 g/mol. The van der Waals surface area contributed by atoms with Gasteiger partial charge in [0.15, 0.2) is 5.72 Å². The second-order valence-corrected chi connectivity index (χ2v) is 5.91. The van der Waals surface area contributed by atoms with E-state index in [9.17, 15) is 15.0 Å². The van der Waals surface area contributed by atoms with E-state index in [2.05, 4.69) is 5.10 Å². The molecule has 0 unspecified atom stereocenters. The number of phenols is 1. The van der Waals surface area contributed by atoms with Crippen molar-refractivity contribution < 1.29 is 19.7 Å². The van der Waals surface area contributed by atoms with Gasteiger partial charge in [-0.3, -0.25) is 4.79 Å². The Morgan fingerprint density at radius 2 is 1.84 bits per heavy atom. The standard InChI is InChI=1S/C19H20N2O4/c1-3-15-12-19(24,14-6-10-17(25-2)11-7-14)21(20-15)18(23)13-4-8-16(22)9-5-13/h4-11,22,24H,3,12H2,1-2H3/t19-/m1/s1. The van der Waals surface area contributed by atoms with Crippen molar-refractivity contribution in [1.29, 1.82) is 0 Å². The fourth-order valence-corrected chi connectivity index (χ4v) is 2.84. The highest BCUT2D eigenvalue weighted by atomic mass is 16.5. The summed E-state index contributed by atoms with van der Waals surface area (Å²) in [6.07, 6.45) is 0.886. The lowest BCUT2D eigenvalue weighted by Gasteiger charge is -2.31. The van der Waals surface area contributed by atoms with Crippen LogP contribution in [0.4, 0.5) is 0 Å². The minimum absolute atomic E-state index is 0.0705. The maximum Gasteiger partial charge on any atom is 0.276 e. The molecule has 1 amide bonds. The molecule has 130 valence electrons. The number of amides is 1. The SMILES string of the molecule is CCC1=NN(C(=O)c2ccc(O)cc2)[C@](O)(c2ccc(OC)cc2)C1. The molecule has 0 radical (unpaired) electrons. The van der Waals surface area contributed by atoms with E-state index >= 15 is 0 Å². The summed E-state index contributed by atoms with van der Waals surface area (Å²) in [7, 11) is 1.57. The zero-order valence-corrected chi connectivity index (χ0v) is 14.1. The number of ether oxygens (including phenoxy) is 1. The Morgan fingerprint density at radius 3 is 2.40 bits per heavy atom. The molecule has 1 heterocycles. The highest BCUT2D eigenvalue weighted by Crippen LogP contribution is 2.37. The Labute approximate surface area is 146 Å². The van der Waals surface area contributed by atoms with Crippen LogP contribution in [-0.2, 0) is 5.72 Å². The molecule has 0 aliphatic carbocycles. The van der Waals surface area contributed by atoms with Gasteiger partial charge in [-0.15, -0.1) is 0 Å². The van der Waals surface area contributed by atoms with Crippen molar-refractivity contribution in [2.24, 2.45) is 5.10 Å². The molecule has 0 bridgehead atoms. The van der Waals surface area contributed by atoms with Crippen LogP contribution in [0.2, 0.25) is 0 Å². The smallest absolute Gasteiger partial charge is 0.276 e. The van der Waals surface area contributed by atoms with E-state index in [0.717, 1.165) is 10.7 Å². The molecule has 0 aromatic heterocycles. The molecule has 6 heteroatoms. The van der Waals surface area contributed by atoms with Gasteiger partial charge in [-0.05, 0) is 42.8 Å². The van der Waals surface area contributed by atoms with Gasteiger partial charge >= 0.3 is 0 Å². The van der Waals surface area contributed by atoms with Gasteiger partial charge in [0.2, 0.25) is 0 Å². The molecule has 3 rings (SSSR count). The first-order valence-corrected chi connectivity index (χ1v) is 8.05. The Morgan fingerprint density at radius 1 is 1.20 bits per heavy atom. The van der Waals surface area contributed by atoms with Crippen LogP contribution in [0.3, 0.4) is 0 Å². The van der Waals surface area contributed by atoms with Gasteiger partial charge in [0.05, 0.1) is 7.11 Å². The molecular formula is C19H20N2O4. The van der Waals surface area contributed by atoms with Gasteiger partial charge in [-0.1, -0.05) is 19.1 Å². The Bertz CT molecular complexity index is 799. The number of aliphatic hydroxyl groups is 1. The van der Waals surface area contributed by atoms with E-state index < -0.39 is 11.6 Å². The third-order valence-electron chi connectivity index (χ3n) is 4.31. The molecule has 6 nitrogen and oxygen atoms in total. The summed E-state index contributed by atoms with van der Waals surface area (Å²) in [6, 6.07) is 12.8. The summed E-state index contributed by atoms with van der Waals surface area (Å²) < 4.78 is 5.15. The van der Waals surface area contributed by atoms with E-state index in [0.29, 0.717) is 23.3 Å². The lowest BCUT2D eigenvalue weighted by atomic mass is 9.96. The Balaban J connectivity index is 1.99. The topological polar surface area (TPSA) is 82.4 Å². The van der Waals surface area contributed by atoms with Gasteiger partial charge in [0.25, 0.3) is 5.91 Å². The fourth-order valence-electron chi connectivity index (χ4n) is 2.84. The van der Waals surface area contributed by atoms with Gasteiger partial charge in [-0.2, -0.15) is 10.1 Å². The average Bonchev–Trinajstić information content (AvgIpc) is 3.00. The highest BCUT2D eigenvalue weighted by molar-refractivity contribution is 5.98. The molecule has 1 aliphatic heterocycles. The van der Waals surface area contributed by atoms with Crippen molar-refractivity contribution in [3.05, 3.63) is 59.7 Å². The molecule has 1 aliphatic rings. The number of carbonyl (C=O) groups is 1. The number of carbonyl (C=O) groups excluding carboxylic acids is 1. The van der Waals surface area contributed by atoms with Crippen LogP contribution in [0.1, 0.15) is 35.7 Å². The van der Waals surface area contributed by atoms with Gasteiger partial charge in [-0.25, -0.2) is 0 Å². The van der Waals surface area contributed by atoms with Crippen molar-refractivity contribution in [2.45, 2.75) is 25.5 Å². The molecule has 0 fully saturated rings. The number of aromatic hydroxyl groups is 1. The molecule has 0 spiro atoms. The van der Waals surface area contributed by atoms with Crippen molar-refractivity contribution in [2.75, 3.05) is 7.11 Å². The number of hydrogen-bond acceptors (Lipinski definition) is 5. The molecule has 2 aromatic rings. The van der Waals surface area contributed by atoms with E-state index in [1.807, 2.05) is 6.92 Å². The van der Waals surface area contributed by atoms with Crippen molar-refractivity contribution >= 4 is 11.6 Å². The molecular weight excluding hydrogens is 320 g/mol. The van der Waals surface area contributed by atoms with Crippen molar-refractivity contribution in [3.63, 3.8) is 0 Å². The van der Waals surface area contributed by atoms with Gasteiger partial charge in [0, 0.05) is 23.3 Å². The monoisotopic (exact) mass is 340 g/mol. The van der Waals surface area contributed by atoms with E-state index in [4.69, 9.17) is 4.74 Å². The largest absolute Gasteiger partial charge is 0.508 e. The summed E-state index contributed by atoms with van der Waals surface area (Å²) in [4.78, 5) is 12.9. The fraction of sp³-hybridized carbons (Fsp3) is 0.263. The number of rotatable bonds is 4. The van der Waals surface area contributed by atoms with Crippen LogP contribution in [0.5, 0.6) is 11.5 Å². The molecule has 2 aromatic carbocycles. The van der Waals surface area contributed by atoms with Gasteiger partial charge < -0.3 is 14.9 Å². The van der Waals surface area contributed by atoms with Crippen LogP contribution in [-0.4, -0.2) is 34.0 Å². The molecule has 2 N–H and O–H groups in total. The number of hydrogen-bond donors (Lipinski definition) is 2. The van der Waals surface area contributed by atoms with E-state index in [-0.39, 0.29) is 12.2 Å². The highest BCUT2D eigenvalue weighted by Gasteiger charge is 2.45. The van der Waals surface area contributed by atoms with Gasteiger partial charge in [0.1, 0.15) is 11.5 Å². The first kappa shape index (κ1) is 17.0. The van der Waals surface area contributed by atoms with Crippen molar-refractivity contribution in [3.8, 4) is 11.5 Å². The van der Waals surface area contributed by atoms with Crippen LogP contribution in [0.15, 0.2) is 53.6 Å². The normalized spacial score (nSPS) is 19.6. The quantitative estimate of drug-likeness (QED) is 0.896. The molecule has 0 saturated heterocycles. The zero-order valence-electron chi connectivity index (χ0n) is 14.1. The zero-order chi connectivity index (χ0) is 18.0. The lowest BCUT2D eigenvalue weighted by molar-refractivity contribution is -0.0765. The Kier molecular flexibility index (Phi) is 4.46. The maximum absolute atomic E-state index is 12.9. The third-order valence-corrected chi connectivity index (χ3v) is 4.31. The first-order chi connectivity index (χ1) is 12.0. The summed E-state index contributed by atoms with van der Waals surface area (Å²) >= 11 is 0. The minimum atomic E-state index is -1.55. The van der Waals surface area contributed by atoms with E-state index in [1.54, 1.807) is 31.4 Å². The van der Waals surface area contributed by atoms with E-state index in [1.165, 1.54) is 24.3 Å². The number of nitrogens with zero attached hydrogens (tertiary/aromatic N) is 2. The number of benzene rings is 2. The number of hydrazone groups is 1. The Hall–Kier alpha value is -2.86. The summed E-state index contributed by atoms with van der Waals surface area (Å²) in [6.45, 7) is 1.93. The minimum Gasteiger partial charge on any atom is -0.508 e. The second kappa shape index (κ2) is 6.57. The van der Waals surface area contributed by atoms with Crippen LogP contribution < -0.4 is 4.74 Å². The maximum atomic E-state index is 12.9. The van der Waals surface area contributed by atoms with Crippen LogP contribution >= 0.6 is 0 Å². The number of phenolic OH excluding ortho intramolecular Hbond substituents is 1. The second-order valence-electron chi connectivity index (χ2n) is 5.91. The van der Waals surface area contributed by atoms with Crippen LogP contribution in [0.25, 0.3) is 0 Å². The molecule has 25 heavy (non-hydrogen) atoms. The first-order valence-electron chi connectivity index (χ1n) is 8.05. The number of methoxy groups -OCH3 is 1. The lowest BCUT2D eigenvalue weighted by Crippen LogP contribution is -2.43. The summed E-state index contributed by atoms with van der Waals surface area (Å²) in [5.41, 5.74) is 0.0935. The summed E-state index contributed by atoms with van der Waals surface area (Å²) in [5.74, 6) is 0.307. The van der Waals surface area contributed by atoms with Crippen molar-refractivity contribution in [1.82, 2.24) is 5.01 Å². The van der Waals surface area contributed by atoms with Crippen LogP contribution in [0, 0.1) is 0 Å². The molecule has 1 atom stereocenters. The summed E-state index contributed by atoms with van der Waals surface area (Å²) in [5, 5.41) is 26.1. The molecule has 0 saturated carbocycles. The third kappa shape index (κ3) is 3.08. The predicted molar refractivity (Wildman–Crippen MR) is 93.5 cm³/mol.